The van der Waals surface area contributed by atoms with Gasteiger partial charge in [0.25, 0.3) is 0 Å². The maximum atomic E-state index is 13.2. The SMILES string of the molecule is CC/C=C\C/C=C\C/C=C\C/C=C\C/C=C\C/C=C\C/C=C\C/C=C\C/C=C\CCCCCCCCCCCC(=O)NC(COC1OC(CO)C(O)C(O)C1O)C(O)CCCCCCCCCCCCCCCCCCCCCCCCCCCC. The lowest BCUT2D eigenvalue weighted by Crippen LogP contribution is -2.60. The van der Waals surface area contributed by atoms with Crippen LogP contribution in [0.4, 0.5) is 0 Å². The minimum absolute atomic E-state index is 0.144. The molecule has 0 spiro atoms. The number of carbonyl (C=O) groups excluding carboxylic acids is 1. The number of unbranched alkanes of at least 4 members (excludes halogenated alkanes) is 34. The molecule has 7 unspecified atom stereocenters. The first-order valence-corrected chi connectivity index (χ1v) is 36.1. The van der Waals surface area contributed by atoms with E-state index in [1.165, 1.54) is 186 Å². The van der Waals surface area contributed by atoms with Gasteiger partial charge in [-0.1, -0.05) is 335 Å². The highest BCUT2D eigenvalue weighted by Gasteiger charge is 2.44. The van der Waals surface area contributed by atoms with E-state index < -0.39 is 49.5 Å². The van der Waals surface area contributed by atoms with Crippen molar-refractivity contribution in [3.05, 3.63) is 109 Å². The molecule has 6 N–H and O–H groups in total. The number of ether oxygens (including phenoxy) is 2. The van der Waals surface area contributed by atoms with E-state index >= 15 is 0 Å². The minimum Gasteiger partial charge on any atom is -0.394 e. The number of aliphatic hydroxyl groups is 5. The van der Waals surface area contributed by atoms with Gasteiger partial charge < -0.3 is 40.3 Å². The Hall–Kier alpha value is -3.15. The Morgan fingerprint density at radius 1 is 0.407 bits per heavy atom. The molecule has 0 aliphatic carbocycles. The van der Waals surface area contributed by atoms with Crippen molar-refractivity contribution < 1.29 is 39.8 Å². The number of allylic oxidation sites excluding steroid dienone is 18. The number of nitrogens with one attached hydrogen (secondary N) is 1. The lowest BCUT2D eigenvalue weighted by atomic mass is 9.99. The van der Waals surface area contributed by atoms with Crippen LogP contribution in [0, 0.1) is 0 Å². The third kappa shape index (κ3) is 52.8. The average molecular weight is 1200 g/mol. The highest BCUT2D eigenvalue weighted by molar-refractivity contribution is 5.76. The zero-order chi connectivity index (χ0) is 62.1. The number of amides is 1. The van der Waals surface area contributed by atoms with E-state index in [0.717, 1.165) is 103 Å². The van der Waals surface area contributed by atoms with Crippen LogP contribution in [-0.4, -0.2) is 87.5 Å². The molecule has 1 amide bonds. The smallest absolute Gasteiger partial charge is 0.220 e. The molecule has 1 aliphatic heterocycles. The fraction of sp³-hybridized carbons (Fsp3) is 0.753. The van der Waals surface area contributed by atoms with Crippen molar-refractivity contribution in [2.24, 2.45) is 0 Å². The van der Waals surface area contributed by atoms with E-state index in [1.807, 2.05) is 0 Å². The summed E-state index contributed by atoms with van der Waals surface area (Å²) in [6, 6.07) is -0.731. The van der Waals surface area contributed by atoms with Crippen molar-refractivity contribution in [1.82, 2.24) is 5.32 Å². The van der Waals surface area contributed by atoms with Crippen molar-refractivity contribution >= 4 is 5.91 Å². The van der Waals surface area contributed by atoms with E-state index in [9.17, 15) is 30.3 Å². The van der Waals surface area contributed by atoms with Gasteiger partial charge in [-0.25, -0.2) is 0 Å². The molecule has 0 aromatic rings. The second kappa shape index (κ2) is 64.8. The summed E-state index contributed by atoms with van der Waals surface area (Å²) in [6.45, 7) is 3.75. The van der Waals surface area contributed by atoms with Gasteiger partial charge in [0.05, 0.1) is 25.4 Å². The normalized spacial score (nSPS) is 18.7. The molecule has 496 valence electrons. The van der Waals surface area contributed by atoms with Gasteiger partial charge in [0.15, 0.2) is 6.29 Å². The first-order valence-electron chi connectivity index (χ1n) is 36.1. The van der Waals surface area contributed by atoms with Gasteiger partial charge in [0, 0.05) is 6.42 Å². The van der Waals surface area contributed by atoms with Gasteiger partial charge in [-0.3, -0.25) is 4.79 Å². The Morgan fingerprint density at radius 2 is 0.721 bits per heavy atom. The van der Waals surface area contributed by atoms with Crippen LogP contribution in [0.3, 0.4) is 0 Å². The lowest BCUT2D eigenvalue weighted by molar-refractivity contribution is -0.302. The van der Waals surface area contributed by atoms with Gasteiger partial charge in [-0.05, 0) is 83.5 Å². The second-order valence-electron chi connectivity index (χ2n) is 24.7. The minimum atomic E-state index is -1.56. The molecule has 7 atom stereocenters. The van der Waals surface area contributed by atoms with E-state index in [0.29, 0.717) is 12.8 Å². The van der Waals surface area contributed by atoms with Crippen LogP contribution < -0.4 is 5.32 Å². The zero-order valence-electron chi connectivity index (χ0n) is 55.5. The number of aliphatic hydroxyl groups excluding tert-OH is 5. The topological polar surface area (TPSA) is 149 Å². The molecule has 1 heterocycles. The van der Waals surface area contributed by atoms with E-state index in [1.54, 1.807) is 0 Å². The first-order chi connectivity index (χ1) is 42.3. The Morgan fingerprint density at radius 3 is 1.07 bits per heavy atom. The molecule has 0 saturated carbocycles. The summed E-state index contributed by atoms with van der Waals surface area (Å²) in [6.07, 6.45) is 88.6. The molecule has 1 fully saturated rings. The first kappa shape index (κ1) is 80.9. The van der Waals surface area contributed by atoms with Gasteiger partial charge in [0.2, 0.25) is 5.91 Å². The molecule has 1 saturated heterocycles. The number of hydrogen-bond donors (Lipinski definition) is 6. The number of rotatable bonds is 62. The van der Waals surface area contributed by atoms with Crippen LogP contribution in [0.2, 0.25) is 0 Å². The molecular weight excluding hydrogens is 1070 g/mol. The predicted octanol–water partition coefficient (Wildman–Crippen LogP) is 20.0. The molecular formula is C77H135NO8. The number of carbonyl (C=O) groups is 1. The van der Waals surface area contributed by atoms with Crippen LogP contribution >= 0.6 is 0 Å². The van der Waals surface area contributed by atoms with Crippen LogP contribution in [0.15, 0.2) is 109 Å². The summed E-state index contributed by atoms with van der Waals surface area (Å²) in [5.74, 6) is -0.151. The lowest BCUT2D eigenvalue weighted by Gasteiger charge is -2.40. The summed E-state index contributed by atoms with van der Waals surface area (Å²) in [5.41, 5.74) is 0. The molecule has 0 aromatic carbocycles. The third-order valence-electron chi connectivity index (χ3n) is 16.6. The third-order valence-corrected chi connectivity index (χ3v) is 16.6. The van der Waals surface area contributed by atoms with Crippen molar-refractivity contribution in [3.63, 3.8) is 0 Å². The van der Waals surface area contributed by atoms with Crippen LogP contribution in [0.25, 0.3) is 0 Å². The van der Waals surface area contributed by atoms with Gasteiger partial charge in [-0.15, -0.1) is 0 Å². The standard InChI is InChI=1S/C77H135NO8/c1-3-5-7-9-11-13-15-17-19-21-23-25-27-29-31-32-33-34-35-36-37-38-39-40-41-43-45-47-49-51-53-55-57-59-61-63-65-67-73(81)78-70(69-85-77-76(84)75(83)74(82)72(68-79)86-77)71(80)66-64-62-60-58-56-54-52-50-48-46-44-42-30-28-26-24-22-20-18-16-14-12-10-8-6-4-2/h5,7,11,13,17,19,23,25,29,31,33-34,36-37,39-40,43,45,70-72,74-77,79-80,82-84H,3-4,6,8-10,12,14-16,18,20-22,24,26-28,30,32,35,38,41-42,44,46-69H2,1-2H3,(H,78,81)/b7-5-,13-11-,19-17-,25-23-,31-29-,34-33-,37-36-,40-39-,45-43-. The monoisotopic (exact) mass is 1200 g/mol. The van der Waals surface area contributed by atoms with Gasteiger partial charge in [0.1, 0.15) is 24.4 Å². The molecule has 9 nitrogen and oxygen atoms in total. The van der Waals surface area contributed by atoms with E-state index in [-0.39, 0.29) is 12.5 Å². The Kier molecular flexibility index (Phi) is 61.0. The summed E-state index contributed by atoms with van der Waals surface area (Å²) < 4.78 is 11.4. The quantitative estimate of drug-likeness (QED) is 0.0261. The predicted molar refractivity (Wildman–Crippen MR) is 368 cm³/mol. The Balaban J connectivity index is 2.14. The molecule has 0 bridgehead atoms. The summed E-state index contributed by atoms with van der Waals surface area (Å²) >= 11 is 0. The van der Waals surface area contributed by atoms with Crippen molar-refractivity contribution in [3.8, 4) is 0 Å². The zero-order valence-corrected chi connectivity index (χ0v) is 55.5. The molecule has 9 heteroatoms. The number of hydrogen-bond acceptors (Lipinski definition) is 8. The molecule has 0 aromatic heterocycles. The molecule has 1 aliphatic rings. The molecule has 86 heavy (non-hydrogen) atoms. The Bertz CT molecular complexity index is 1730. The molecule has 0 radical (unpaired) electrons. The summed E-state index contributed by atoms with van der Waals surface area (Å²) in [7, 11) is 0. The van der Waals surface area contributed by atoms with Crippen molar-refractivity contribution in [1.29, 1.82) is 0 Å². The summed E-state index contributed by atoms with van der Waals surface area (Å²) in [4.78, 5) is 13.2. The highest BCUT2D eigenvalue weighted by Crippen LogP contribution is 2.24. The van der Waals surface area contributed by atoms with E-state index in [4.69, 9.17) is 9.47 Å². The van der Waals surface area contributed by atoms with Gasteiger partial charge in [-0.2, -0.15) is 0 Å². The highest BCUT2D eigenvalue weighted by atomic mass is 16.7. The van der Waals surface area contributed by atoms with Crippen LogP contribution in [0.5, 0.6) is 0 Å². The Labute approximate surface area is 529 Å². The molecule has 1 rings (SSSR count). The van der Waals surface area contributed by atoms with E-state index in [2.05, 4.69) is 129 Å². The largest absolute Gasteiger partial charge is 0.394 e. The second-order valence-corrected chi connectivity index (χ2v) is 24.7. The van der Waals surface area contributed by atoms with Crippen LogP contribution in [0.1, 0.15) is 316 Å². The fourth-order valence-electron chi connectivity index (χ4n) is 11.0. The average Bonchev–Trinajstić information content (AvgIpc) is 2.44. The summed E-state index contributed by atoms with van der Waals surface area (Å²) in [5, 5.41) is 55.0. The maximum Gasteiger partial charge on any atom is 0.220 e. The maximum absolute atomic E-state index is 13.2. The van der Waals surface area contributed by atoms with Crippen molar-refractivity contribution in [2.45, 2.75) is 358 Å². The fourth-order valence-corrected chi connectivity index (χ4v) is 11.0. The van der Waals surface area contributed by atoms with Crippen molar-refractivity contribution in [2.75, 3.05) is 13.2 Å². The van der Waals surface area contributed by atoms with Gasteiger partial charge >= 0.3 is 0 Å². The van der Waals surface area contributed by atoms with Crippen LogP contribution in [-0.2, 0) is 14.3 Å².